The minimum Gasteiger partial charge on any atom is -0.481 e. The third kappa shape index (κ3) is 3.77. The van der Waals surface area contributed by atoms with Gasteiger partial charge in [0.1, 0.15) is 11.6 Å². The van der Waals surface area contributed by atoms with E-state index >= 15 is 0 Å². The molecule has 1 amide bonds. The first kappa shape index (κ1) is 20.0. The van der Waals surface area contributed by atoms with Crippen molar-refractivity contribution >= 4 is 28.5 Å². The molecule has 0 fully saturated rings. The Morgan fingerprint density at radius 1 is 1.07 bits per heavy atom. The summed E-state index contributed by atoms with van der Waals surface area (Å²) in [5.41, 5.74) is 2.01. The van der Waals surface area contributed by atoms with Gasteiger partial charge in [-0.1, -0.05) is 38.0 Å². The molecule has 1 aromatic carbocycles. The predicted octanol–water partition coefficient (Wildman–Crippen LogP) is 4.88. The van der Waals surface area contributed by atoms with Crippen molar-refractivity contribution in [3.05, 3.63) is 59.7 Å². The van der Waals surface area contributed by atoms with Crippen molar-refractivity contribution in [1.29, 1.82) is 0 Å². The van der Waals surface area contributed by atoms with E-state index in [4.69, 9.17) is 4.74 Å². The summed E-state index contributed by atoms with van der Waals surface area (Å²) in [6.45, 7) is 2.12. The van der Waals surface area contributed by atoms with Gasteiger partial charge in [0, 0.05) is 29.9 Å². The van der Waals surface area contributed by atoms with E-state index in [9.17, 15) is 9.59 Å². The van der Waals surface area contributed by atoms with Crippen molar-refractivity contribution < 1.29 is 14.3 Å². The first-order chi connectivity index (χ1) is 14.6. The lowest BCUT2D eigenvalue weighted by Crippen LogP contribution is -2.30. The molecule has 6 nitrogen and oxygen atoms in total. The van der Waals surface area contributed by atoms with Crippen LogP contribution in [-0.4, -0.2) is 28.8 Å². The SMILES string of the molecule is CCCCCC(=O)CC1c2ccccc2C(=O)N1c1ccc2ccc(OC)nc2n1. The number of rotatable bonds is 8. The highest BCUT2D eigenvalue weighted by atomic mass is 16.5. The maximum Gasteiger partial charge on any atom is 0.260 e. The van der Waals surface area contributed by atoms with E-state index in [1.807, 2.05) is 42.5 Å². The molecule has 2 aromatic heterocycles. The monoisotopic (exact) mass is 403 g/mol. The van der Waals surface area contributed by atoms with E-state index in [0.29, 0.717) is 29.3 Å². The largest absolute Gasteiger partial charge is 0.481 e. The Hall–Kier alpha value is -3.28. The van der Waals surface area contributed by atoms with E-state index in [-0.39, 0.29) is 24.2 Å². The molecular weight excluding hydrogens is 378 g/mol. The summed E-state index contributed by atoms with van der Waals surface area (Å²) in [6, 6.07) is 14.5. The zero-order chi connectivity index (χ0) is 21.1. The van der Waals surface area contributed by atoms with E-state index in [1.54, 1.807) is 18.1 Å². The minimum absolute atomic E-state index is 0.133. The maximum absolute atomic E-state index is 13.2. The van der Waals surface area contributed by atoms with Crippen LogP contribution in [0.25, 0.3) is 11.0 Å². The fraction of sp³-hybridized carbons (Fsp3) is 0.333. The normalized spacial score (nSPS) is 15.5. The fourth-order valence-electron chi connectivity index (χ4n) is 3.97. The molecule has 0 radical (unpaired) electrons. The summed E-state index contributed by atoms with van der Waals surface area (Å²) in [7, 11) is 1.55. The summed E-state index contributed by atoms with van der Waals surface area (Å²) < 4.78 is 5.20. The van der Waals surface area contributed by atoms with Gasteiger partial charge in [0.2, 0.25) is 5.88 Å². The summed E-state index contributed by atoms with van der Waals surface area (Å²) in [5.74, 6) is 0.997. The number of ketones is 1. The first-order valence-electron chi connectivity index (χ1n) is 10.4. The number of benzene rings is 1. The molecule has 0 saturated carbocycles. The average Bonchev–Trinajstić information content (AvgIpc) is 3.05. The molecular formula is C24H25N3O3. The molecule has 3 aromatic rings. The van der Waals surface area contributed by atoms with Gasteiger partial charge in [0.15, 0.2) is 5.65 Å². The van der Waals surface area contributed by atoms with Crippen LogP contribution in [0.15, 0.2) is 48.5 Å². The van der Waals surface area contributed by atoms with Crippen LogP contribution in [0.5, 0.6) is 5.88 Å². The second-order valence-corrected chi connectivity index (χ2v) is 7.55. The lowest BCUT2D eigenvalue weighted by Gasteiger charge is -2.24. The number of anilines is 1. The van der Waals surface area contributed by atoms with Crippen molar-refractivity contribution in [2.75, 3.05) is 12.0 Å². The van der Waals surface area contributed by atoms with Crippen molar-refractivity contribution in [3.63, 3.8) is 0 Å². The molecule has 1 aliphatic rings. The number of Topliss-reactive ketones (excluding diaryl/α,β-unsaturated/α-hetero) is 1. The van der Waals surface area contributed by atoms with Gasteiger partial charge in [-0.2, -0.15) is 4.98 Å². The van der Waals surface area contributed by atoms with Crippen molar-refractivity contribution in [2.45, 2.75) is 45.1 Å². The van der Waals surface area contributed by atoms with E-state index < -0.39 is 0 Å². The van der Waals surface area contributed by atoms with Crippen LogP contribution in [0, 0.1) is 0 Å². The van der Waals surface area contributed by atoms with Gasteiger partial charge in [-0.3, -0.25) is 14.5 Å². The lowest BCUT2D eigenvalue weighted by molar-refractivity contribution is -0.119. The second-order valence-electron chi connectivity index (χ2n) is 7.55. The zero-order valence-corrected chi connectivity index (χ0v) is 17.3. The molecule has 0 bridgehead atoms. The number of ether oxygens (including phenoxy) is 1. The Morgan fingerprint density at radius 2 is 1.87 bits per heavy atom. The number of methoxy groups -OCH3 is 1. The summed E-state index contributed by atoms with van der Waals surface area (Å²) in [5, 5.41) is 0.857. The molecule has 0 aliphatic carbocycles. The Morgan fingerprint density at radius 3 is 2.67 bits per heavy atom. The number of carbonyl (C=O) groups excluding carboxylic acids is 2. The molecule has 6 heteroatoms. The second kappa shape index (κ2) is 8.61. The van der Waals surface area contributed by atoms with Gasteiger partial charge in [0.25, 0.3) is 5.91 Å². The summed E-state index contributed by atoms with van der Waals surface area (Å²) >= 11 is 0. The molecule has 0 spiro atoms. The molecule has 4 rings (SSSR count). The van der Waals surface area contributed by atoms with Crippen LogP contribution >= 0.6 is 0 Å². The molecule has 0 N–H and O–H groups in total. The Balaban J connectivity index is 1.70. The third-order valence-electron chi connectivity index (χ3n) is 5.53. The molecule has 1 unspecified atom stereocenters. The van der Waals surface area contributed by atoms with Crippen LogP contribution in [0.1, 0.15) is 61.0 Å². The highest BCUT2D eigenvalue weighted by molar-refractivity contribution is 6.11. The van der Waals surface area contributed by atoms with Crippen LogP contribution in [-0.2, 0) is 4.79 Å². The number of hydrogen-bond acceptors (Lipinski definition) is 5. The Labute approximate surface area is 175 Å². The molecule has 30 heavy (non-hydrogen) atoms. The standard InChI is InChI=1S/C24H25N3O3/c1-3-4-5-8-17(28)15-20-18-9-6-7-10-19(18)24(29)27(20)21-13-11-16-12-14-22(30-2)26-23(16)25-21/h6-7,9-14,20H,3-5,8,15H2,1-2H3. The number of fused-ring (bicyclic) bond motifs is 2. The number of carbonyl (C=O) groups is 2. The minimum atomic E-state index is -0.349. The van der Waals surface area contributed by atoms with Crippen LogP contribution < -0.4 is 9.64 Å². The third-order valence-corrected chi connectivity index (χ3v) is 5.53. The van der Waals surface area contributed by atoms with Gasteiger partial charge in [-0.05, 0) is 36.2 Å². The summed E-state index contributed by atoms with van der Waals surface area (Å²) in [4.78, 5) is 36.6. The first-order valence-corrected chi connectivity index (χ1v) is 10.4. The predicted molar refractivity (Wildman–Crippen MR) is 116 cm³/mol. The van der Waals surface area contributed by atoms with Gasteiger partial charge < -0.3 is 4.74 Å². The maximum atomic E-state index is 13.2. The highest BCUT2D eigenvalue weighted by Crippen LogP contribution is 2.39. The molecule has 154 valence electrons. The lowest BCUT2D eigenvalue weighted by atomic mass is 9.98. The van der Waals surface area contributed by atoms with Crippen LogP contribution in [0.4, 0.5) is 5.82 Å². The van der Waals surface area contributed by atoms with Gasteiger partial charge >= 0.3 is 0 Å². The molecule has 1 aliphatic heterocycles. The number of amides is 1. The topological polar surface area (TPSA) is 72.4 Å². The van der Waals surface area contributed by atoms with E-state index in [0.717, 1.165) is 30.2 Å². The quantitative estimate of drug-likeness (QED) is 0.501. The van der Waals surface area contributed by atoms with Crippen LogP contribution in [0.3, 0.4) is 0 Å². The Bertz CT molecular complexity index is 1100. The van der Waals surface area contributed by atoms with E-state index in [2.05, 4.69) is 16.9 Å². The number of pyridine rings is 2. The number of nitrogens with zero attached hydrogens (tertiary/aromatic N) is 3. The number of unbranched alkanes of at least 4 members (excludes halogenated alkanes) is 2. The van der Waals surface area contributed by atoms with Gasteiger partial charge in [-0.15, -0.1) is 0 Å². The highest BCUT2D eigenvalue weighted by Gasteiger charge is 2.39. The van der Waals surface area contributed by atoms with Crippen LogP contribution in [0.2, 0.25) is 0 Å². The van der Waals surface area contributed by atoms with E-state index in [1.165, 1.54) is 0 Å². The number of hydrogen-bond donors (Lipinski definition) is 0. The molecule has 0 saturated heterocycles. The average molecular weight is 403 g/mol. The molecule has 3 heterocycles. The number of aromatic nitrogens is 2. The fourth-order valence-corrected chi connectivity index (χ4v) is 3.97. The zero-order valence-electron chi connectivity index (χ0n) is 17.3. The van der Waals surface area contributed by atoms with Crippen molar-refractivity contribution in [3.8, 4) is 5.88 Å². The van der Waals surface area contributed by atoms with Gasteiger partial charge in [-0.25, -0.2) is 4.98 Å². The Kier molecular flexibility index (Phi) is 5.74. The smallest absolute Gasteiger partial charge is 0.260 e. The van der Waals surface area contributed by atoms with Gasteiger partial charge in [0.05, 0.1) is 13.2 Å². The summed E-state index contributed by atoms with van der Waals surface area (Å²) in [6.07, 6.45) is 3.82. The van der Waals surface area contributed by atoms with Crippen molar-refractivity contribution in [2.24, 2.45) is 0 Å². The molecule has 1 atom stereocenters. The van der Waals surface area contributed by atoms with Crippen molar-refractivity contribution in [1.82, 2.24) is 9.97 Å².